The van der Waals surface area contributed by atoms with Crippen LogP contribution in [0.15, 0.2) is 30.9 Å². The molecular weight excluding hydrogens is 214 g/mol. The van der Waals surface area contributed by atoms with Crippen molar-refractivity contribution >= 4 is 5.78 Å². The summed E-state index contributed by atoms with van der Waals surface area (Å²) in [5.74, 6) is 1.03. The van der Waals surface area contributed by atoms with Crippen LogP contribution >= 0.6 is 0 Å². The zero-order valence-corrected chi connectivity index (χ0v) is 9.47. The first-order valence-electron chi connectivity index (χ1n) is 5.81. The SMILES string of the molecule is O=C1CCCc2cn(Cc3ncccn3)cc21. The molecule has 0 spiro atoms. The standard InChI is InChI=1S/C13H13N3O/c17-12-4-1-3-10-7-16(8-11(10)12)9-13-14-5-2-6-15-13/h2,5-8H,1,3-4,9H2. The van der Waals surface area contributed by atoms with Crippen LogP contribution < -0.4 is 0 Å². The number of Topliss-reactive ketones (excluding diaryl/α,β-unsaturated/α-hetero) is 1. The van der Waals surface area contributed by atoms with E-state index in [0.717, 1.165) is 29.8 Å². The number of aryl methyl sites for hydroxylation is 1. The summed E-state index contributed by atoms with van der Waals surface area (Å²) >= 11 is 0. The van der Waals surface area contributed by atoms with Crippen LogP contribution in [0.25, 0.3) is 0 Å². The summed E-state index contributed by atoms with van der Waals surface area (Å²) in [6.07, 6.45) is 10.1. The zero-order chi connectivity index (χ0) is 11.7. The van der Waals surface area contributed by atoms with E-state index in [0.29, 0.717) is 13.0 Å². The summed E-state index contributed by atoms with van der Waals surface area (Å²) in [5, 5.41) is 0. The Hall–Kier alpha value is -1.97. The van der Waals surface area contributed by atoms with Crippen LogP contribution in [-0.2, 0) is 13.0 Å². The lowest BCUT2D eigenvalue weighted by atomic mass is 9.95. The predicted molar refractivity (Wildman–Crippen MR) is 62.8 cm³/mol. The highest BCUT2D eigenvalue weighted by Gasteiger charge is 2.19. The highest BCUT2D eigenvalue weighted by atomic mass is 16.1. The Morgan fingerprint density at radius 2 is 2.00 bits per heavy atom. The van der Waals surface area contributed by atoms with Crippen LogP contribution in [0, 0.1) is 0 Å². The predicted octanol–water partition coefficient (Wildman–Crippen LogP) is 1.85. The molecule has 4 heteroatoms. The maximum absolute atomic E-state index is 11.7. The molecule has 4 nitrogen and oxygen atoms in total. The van der Waals surface area contributed by atoms with Gasteiger partial charge in [0.1, 0.15) is 5.82 Å². The molecule has 0 fully saturated rings. The number of carbonyl (C=O) groups excluding carboxylic acids is 1. The summed E-state index contributed by atoms with van der Waals surface area (Å²) in [4.78, 5) is 20.1. The van der Waals surface area contributed by atoms with E-state index in [9.17, 15) is 4.79 Å². The molecule has 0 bridgehead atoms. The molecule has 0 amide bonds. The van der Waals surface area contributed by atoms with Gasteiger partial charge < -0.3 is 4.57 Å². The second-order valence-electron chi connectivity index (χ2n) is 4.31. The van der Waals surface area contributed by atoms with Gasteiger partial charge in [0.25, 0.3) is 0 Å². The van der Waals surface area contributed by atoms with Gasteiger partial charge in [-0.05, 0) is 24.5 Å². The van der Waals surface area contributed by atoms with E-state index < -0.39 is 0 Å². The number of nitrogens with zero attached hydrogens (tertiary/aromatic N) is 3. The Kier molecular flexibility index (Phi) is 2.48. The average molecular weight is 227 g/mol. The molecule has 0 saturated heterocycles. The molecule has 2 aromatic heterocycles. The maximum Gasteiger partial charge on any atom is 0.164 e. The van der Waals surface area contributed by atoms with Gasteiger partial charge in [-0.25, -0.2) is 9.97 Å². The highest BCUT2D eigenvalue weighted by Crippen LogP contribution is 2.22. The van der Waals surface area contributed by atoms with E-state index in [-0.39, 0.29) is 5.78 Å². The van der Waals surface area contributed by atoms with E-state index in [1.807, 2.05) is 17.0 Å². The molecule has 2 heterocycles. The van der Waals surface area contributed by atoms with Gasteiger partial charge in [-0.15, -0.1) is 0 Å². The van der Waals surface area contributed by atoms with Crippen molar-refractivity contribution < 1.29 is 4.79 Å². The van der Waals surface area contributed by atoms with Gasteiger partial charge in [0.2, 0.25) is 0 Å². The third-order valence-corrected chi connectivity index (χ3v) is 3.06. The molecular formula is C13H13N3O. The number of aromatic nitrogens is 3. The quantitative estimate of drug-likeness (QED) is 0.786. The van der Waals surface area contributed by atoms with Crippen molar-refractivity contribution in [2.24, 2.45) is 0 Å². The van der Waals surface area contributed by atoms with E-state index in [2.05, 4.69) is 9.97 Å². The van der Waals surface area contributed by atoms with Gasteiger partial charge in [-0.1, -0.05) is 0 Å². The van der Waals surface area contributed by atoms with Crippen molar-refractivity contribution in [3.8, 4) is 0 Å². The first kappa shape index (κ1) is 10.2. The van der Waals surface area contributed by atoms with E-state index in [4.69, 9.17) is 0 Å². The molecule has 2 aromatic rings. The normalized spacial score (nSPS) is 14.7. The molecule has 0 N–H and O–H groups in total. The van der Waals surface area contributed by atoms with E-state index in [1.165, 1.54) is 0 Å². The Morgan fingerprint density at radius 1 is 1.18 bits per heavy atom. The van der Waals surface area contributed by atoms with Gasteiger partial charge in [0.05, 0.1) is 6.54 Å². The molecule has 3 rings (SSSR count). The number of ketones is 1. The van der Waals surface area contributed by atoms with Gasteiger partial charge >= 0.3 is 0 Å². The molecule has 86 valence electrons. The maximum atomic E-state index is 11.7. The minimum absolute atomic E-state index is 0.263. The Bertz CT molecular complexity index is 545. The third-order valence-electron chi connectivity index (χ3n) is 3.06. The molecule has 0 saturated carbocycles. The topological polar surface area (TPSA) is 47.8 Å². The molecule has 1 aliphatic rings. The minimum atomic E-state index is 0.263. The number of carbonyl (C=O) groups is 1. The first-order chi connectivity index (χ1) is 8.33. The Balaban J connectivity index is 1.88. The monoisotopic (exact) mass is 227 g/mol. The highest BCUT2D eigenvalue weighted by molar-refractivity contribution is 5.98. The number of hydrogen-bond donors (Lipinski definition) is 0. The van der Waals surface area contributed by atoms with Crippen molar-refractivity contribution in [1.82, 2.24) is 14.5 Å². The second kappa shape index (κ2) is 4.13. The molecule has 0 unspecified atom stereocenters. The van der Waals surface area contributed by atoms with Crippen molar-refractivity contribution in [3.63, 3.8) is 0 Å². The van der Waals surface area contributed by atoms with Gasteiger partial charge in [-0.3, -0.25) is 4.79 Å². The number of rotatable bonds is 2. The lowest BCUT2D eigenvalue weighted by Gasteiger charge is -2.07. The first-order valence-corrected chi connectivity index (χ1v) is 5.81. The fraction of sp³-hybridized carbons (Fsp3) is 0.308. The summed E-state index contributed by atoms with van der Waals surface area (Å²) in [6.45, 7) is 0.626. The lowest BCUT2D eigenvalue weighted by molar-refractivity contribution is 0.0973. The van der Waals surface area contributed by atoms with Crippen molar-refractivity contribution in [3.05, 3.63) is 47.8 Å². The Labute approximate surface area is 99.3 Å². The smallest absolute Gasteiger partial charge is 0.164 e. The molecule has 0 aliphatic heterocycles. The molecule has 0 radical (unpaired) electrons. The number of hydrogen-bond acceptors (Lipinski definition) is 3. The van der Waals surface area contributed by atoms with Crippen LogP contribution in [0.2, 0.25) is 0 Å². The lowest BCUT2D eigenvalue weighted by Crippen LogP contribution is -2.07. The zero-order valence-electron chi connectivity index (χ0n) is 9.47. The van der Waals surface area contributed by atoms with E-state index in [1.54, 1.807) is 18.5 Å². The van der Waals surface area contributed by atoms with Crippen LogP contribution in [0.5, 0.6) is 0 Å². The molecule has 17 heavy (non-hydrogen) atoms. The van der Waals surface area contributed by atoms with Gasteiger partial charge in [0.15, 0.2) is 5.78 Å². The van der Waals surface area contributed by atoms with Crippen molar-refractivity contribution in [1.29, 1.82) is 0 Å². The fourth-order valence-corrected chi connectivity index (χ4v) is 2.25. The summed E-state index contributed by atoms with van der Waals surface area (Å²) in [7, 11) is 0. The summed E-state index contributed by atoms with van der Waals surface area (Å²) < 4.78 is 2.00. The van der Waals surface area contributed by atoms with E-state index >= 15 is 0 Å². The van der Waals surface area contributed by atoms with Gasteiger partial charge in [0, 0.05) is 36.8 Å². The molecule has 0 aromatic carbocycles. The third kappa shape index (κ3) is 1.98. The second-order valence-corrected chi connectivity index (χ2v) is 4.31. The molecule has 1 aliphatic carbocycles. The summed E-state index contributed by atoms with van der Waals surface area (Å²) in [6, 6.07) is 1.80. The van der Waals surface area contributed by atoms with Gasteiger partial charge in [-0.2, -0.15) is 0 Å². The Morgan fingerprint density at radius 3 is 2.76 bits per heavy atom. The van der Waals surface area contributed by atoms with Crippen LogP contribution in [0.4, 0.5) is 0 Å². The van der Waals surface area contributed by atoms with Crippen LogP contribution in [-0.4, -0.2) is 20.3 Å². The van der Waals surface area contributed by atoms with Crippen molar-refractivity contribution in [2.75, 3.05) is 0 Å². The minimum Gasteiger partial charge on any atom is -0.346 e. The molecule has 0 atom stereocenters. The van der Waals surface area contributed by atoms with Crippen molar-refractivity contribution in [2.45, 2.75) is 25.8 Å². The number of fused-ring (bicyclic) bond motifs is 1. The fourth-order valence-electron chi connectivity index (χ4n) is 2.25. The summed E-state index contributed by atoms with van der Waals surface area (Å²) in [5.41, 5.74) is 2.05. The van der Waals surface area contributed by atoms with Crippen LogP contribution in [0.1, 0.15) is 34.6 Å². The van der Waals surface area contributed by atoms with Crippen LogP contribution in [0.3, 0.4) is 0 Å². The average Bonchev–Trinajstić information content (AvgIpc) is 2.74. The largest absolute Gasteiger partial charge is 0.346 e.